The van der Waals surface area contributed by atoms with Crippen LogP contribution in [-0.4, -0.2) is 11.6 Å². The van der Waals surface area contributed by atoms with Crippen molar-refractivity contribution in [1.82, 2.24) is 4.98 Å². The zero-order valence-corrected chi connectivity index (χ0v) is 20.0. The van der Waals surface area contributed by atoms with E-state index in [-0.39, 0.29) is 0 Å². The first kappa shape index (κ1) is 24.0. The molecule has 3 rings (SSSR count). The van der Waals surface area contributed by atoms with Gasteiger partial charge in [0.15, 0.2) is 0 Å². The van der Waals surface area contributed by atoms with Gasteiger partial charge in [-0.2, -0.15) is 0 Å². The maximum atomic E-state index is 5.85. The molecule has 1 aromatic heterocycles. The first-order valence-electron chi connectivity index (χ1n) is 12.5. The fraction of sp³-hybridized carbons (Fsp3) is 0.433. The van der Waals surface area contributed by atoms with E-state index >= 15 is 0 Å². The van der Waals surface area contributed by atoms with Crippen LogP contribution < -0.4 is 4.74 Å². The fourth-order valence-electron chi connectivity index (χ4n) is 3.92. The molecule has 0 fully saturated rings. The second-order valence-electron chi connectivity index (χ2n) is 8.76. The molecule has 0 bridgehead atoms. The lowest BCUT2D eigenvalue weighted by Crippen LogP contribution is -1.97. The highest BCUT2D eigenvalue weighted by molar-refractivity contribution is 5.60. The predicted octanol–water partition coefficient (Wildman–Crippen LogP) is 8.23. The molecule has 0 unspecified atom stereocenters. The van der Waals surface area contributed by atoms with Gasteiger partial charge >= 0.3 is 0 Å². The van der Waals surface area contributed by atoms with Gasteiger partial charge in [-0.3, -0.25) is 4.98 Å². The van der Waals surface area contributed by atoms with E-state index in [9.17, 15) is 0 Å². The first-order valence-corrected chi connectivity index (χ1v) is 12.5. The minimum Gasteiger partial charge on any atom is -0.494 e. The molecule has 0 N–H and O–H groups in total. The smallest absolute Gasteiger partial charge is 0.119 e. The van der Waals surface area contributed by atoms with E-state index in [0.717, 1.165) is 42.9 Å². The lowest BCUT2D eigenvalue weighted by Gasteiger charge is -2.08. The first-order chi connectivity index (χ1) is 15.8. The number of aryl methyl sites for hydroxylation is 3. The van der Waals surface area contributed by atoms with Crippen molar-refractivity contribution in [3.63, 3.8) is 0 Å². The van der Waals surface area contributed by atoms with Crippen LogP contribution in [0, 0.1) is 0 Å². The summed E-state index contributed by atoms with van der Waals surface area (Å²) in [4.78, 5) is 4.70. The summed E-state index contributed by atoms with van der Waals surface area (Å²) in [7, 11) is 0. The van der Waals surface area contributed by atoms with E-state index in [1.54, 1.807) is 0 Å². The van der Waals surface area contributed by atoms with Gasteiger partial charge in [-0.25, -0.2) is 0 Å². The number of pyridine rings is 1. The standard InChI is InChI=1S/C30H39NO/c1-3-5-7-9-23-32-29-20-18-28(19-21-29)30-22-17-27(24-31-30)16-15-26-13-11-25(12-14-26)10-8-6-4-2/h11-14,17-22,24H,3-10,15-16,23H2,1-2H3. The van der Waals surface area contributed by atoms with Gasteiger partial charge in [-0.1, -0.05) is 76.3 Å². The molecule has 1 heterocycles. The molecule has 0 atom stereocenters. The van der Waals surface area contributed by atoms with Crippen molar-refractivity contribution in [2.45, 2.75) is 78.1 Å². The van der Waals surface area contributed by atoms with Gasteiger partial charge in [0.05, 0.1) is 12.3 Å². The molecule has 0 radical (unpaired) electrons. The summed E-state index contributed by atoms with van der Waals surface area (Å²) < 4.78 is 5.85. The summed E-state index contributed by atoms with van der Waals surface area (Å²) in [5, 5.41) is 0. The van der Waals surface area contributed by atoms with Gasteiger partial charge in [-0.15, -0.1) is 0 Å². The lowest BCUT2D eigenvalue weighted by molar-refractivity contribution is 0.305. The number of unbranched alkanes of at least 4 members (excludes halogenated alkanes) is 5. The molecule has 3 aromatic rings. The minimum absolute atomic E-state index is 0.799. The average Bonchev–Trinajstić information content (AvgIpc) is 2.84. The van der Waals surface area contributed by atoms with Crippen LogP contribution in [0.1, 0.15) is 75.5 Å². The Bertz CT molecular complexity index is 882. The molecular formula is C30H39NO. The molecule has 2 nitrogen and oxygen atoms in total. The number of rotatable bonds is 14. The SMILES string of the molecule is CCCCCCOc1ccc(-c2ccc(CCc3ccc(CCCCC)cc3)cn2)cc1. The van der Waals surface area contributed by atoms with Crippen molar-refractivity contribution in [2.24, 2.45) is 0 Å². The second-order valence-corrected chi connectivity index (χ2v) is 8.76. The monoisotopic (exact) mass is 429 g/mol. The van der Waals surface area contributed by atoms with E-state index < -0.39 is 0 Å². The summed E-state index contributed by atoms with van der Waals surface area (Å²) >= 11 is 0. The number of benzene rings is 2. The Kier molecular flexibility index (Phi) is 10.3. The third-order valence-electron chi connectivity index (χ3n) is 6.04. The number of aromatic nitrogens is 1. The molecule has 0 spiro atoms. The molecule has 0 aliphatic rings. The lowest BCUT2D eigenvalue weighted by atomic mass is 10.0. The van der Waals surface area contributed by atoms with Gasteiger partial charge in [0, 0.05) is 11.8 Å². The summed E-state index contributed by atoms with van der Waals surface area (Å²) in [6, 6.07) is 21.8. The molecule has 170 valence electrons. The van der Waals surface area contributed by atoms with E-state index in [1.165, 1.54) is 61.6 Å². The van der Waals surface area contributed by atoms with E-state index in [1.807, 2.05) is 6.20 Å². The van der Waals surface area contributed by atoms with Gasteiger partial charge < -0.3 is 4.74 Å². The zero-order chi connectivity index (χ0) is 22.4. The number of hydrogen-bond donors (Lipinski definition) is 0. The number of hydrogen-bond acceptors (Lipinski definition) is 2. The summed E-state index contributed by atoms with van der Waals surface area (Å²) in [6.07, 6.45) is 14.1. The van der Waals surface area contributed by atoms with Crippen LogP contribution in [0.3, 0.4) is 0 Å². The van der Waals surface area contributed by atoms with Crippen LogP contribution in [0.15, 0.2) is 66.9 Å². The molecule has 32 heavy (non-hydrogen) atoms. The molecule has 0 saturated carbocycles. The van der Waals surface area contributed by atoms with Crippen LogP contribution in [0.25, 0.3) is 11.3 Å². The molecule has 0 saturated heterocycles. The maximum absolute atomic E-state index is 5.85. The van der Waals surface area contributed by atoms with Gasteiger partial charge in [0.1, 0.15) is 5.75 Å². The number of nitrogens with zero attached hydrogens (tertiary/aromatic N) is 1. The van der Waals surface area contributed by atoms with Crippen LogP contribution in [-0.2, 0) is 19.3 Å². The van der Waals surface area contributed by atoms with Crippen molar-refractivity contribution in [2.75, 3.05) is 6.61 Å². The Morgan fingerprint density at radius 3 is 1.88 bits per heavy atom. The summed E-state index contributed by atoms with van der Waals surface area (Å²) in [6.45, 7) is 5.29. The summed E-state index contributed by atoms with van der Waals surface area (Å²) in [5.74, 6) is 0.943. The third kappa shape index (κ3) is 8.15. The van der Waals surface area contributed by atoms with Crippen LogP contribution in [0.5, 0.6) is 5.75 Å². The Morgan fingerprint density at radius 1 is 0.594 bits per heavy atom. The molecule has 0 aliphatic heterocycles. The van der Waals surface area contributed by atoms with E-state index in [0.29, 0.717) is 0 Å². The van der Waals surface area contributed by atoms with Gasteiger partial charge in [0.25, 0.3) is 0 Å². The van der Waals surface area contributed by atoms with Crippen molar-refractivity contribution in [3.05, 3.63) is 83.6 Å². The van der Waals surface area contributed by atoms with Crippen molar-refractivity contribution in [1.29, 1.82) is 0 Å². The highest BCUT2D eigenvalue weighted by Gasteiger charge is 2.03. The fourth-order valence-corrected chi connectivity index (χ4v) is 3.92. The van der Waals surface area contributed by atoms with Crippen molar-refractivity contribution >= 4 is 0 Å². The van der Waals surface area contributed by atoms with Crippen LogP contribution in [0.2, 0.25) is 0 Å². The Morgan fingerprint density at radius 2 is 1.22 bits per heavy atom. The zero-order valence-electron chi connectivity index (χ0n) is 20.0. The highest BCUT2D eigenvalue weighted by Crippen LogP contribution is 2.21. The largest absolute Gasteiger partial charge is 0.494 e. The maximum Gasteiger partial charge on any atom is 0.119 e. The molecule has 2 heteroatoms. The quantitative estimate of drug-likeness (QED) is 0.241. The number of ether oxygens (including phenoxy) is 1. The van der Waals surface area contributed by atoms with Crippen molar-refractivity contribution in [3.8, 4) is 17.0 Å². The third-order valence-corrected chi connectivity index (χ3v) is 6.04. The minimum atomic E-state index is 0.799. The average molecular weight is 430 g/mol. The Hall–Kier alpha value is -2.61. The Balaban J connectivity index is 1.45. The van der Waals surface area contributed by atoms with E-state index in [4.69, 9.17) is 9.72 Å². The predicted molar refractivity (Wildman–Crippen MR) is 136 cm³/mol. The topological polar surface area (TPSA) is 22.1 Å². The molecular weight excluding hydrogens is 390 g/mol. The molecule has 0 aliphatic carbocycles. The van der Waals surface area contributed by atoms with Gasteiger partial charge in [0.2, 0.25) is 0 Å². The van der Waals surface area contributed by atoms with Crippen molar-refractivity contribution < 1.29 is 4.74 Å². The highest BCUT2D eigenvalue weighted by atomic mass is 16.5. The molecule has 0 amide bonds. The van der Waals surface area contributed by atoms with Crippen LogP contribution >= 0.6 is 0 Å². The Labute approximate surface area is 195 Å². The van der Waals surface area contributed by atoms with E-state index in [2.05, 4.69) is 74.5 Å². The summed E-state index contributed by atoms with van der Waals surface area (Å²) in [5.41, 5.74) is 6.29. The molecule has 2 aromatic carbocycles. The normalized spacial score (nSPS) is 10.9. The van der Waals surface area contributed by atoms with Gasteiger partial charge in [-0.05, 0) is 79.1 Å². The van der Waals surface area contributed by atoms with Crippen LogP contribution in [0.4, 0.5) is 0 Å². The second kappa shape index (κ2) is 13.7.